The Morgan fingerprint density at radius 3 is 2.67 bits per heavy atom. The summed E-state index contributed by atoms with van der Waals surface area (Å²) in [6.07, 6.45) is 1.59. The summed E-state index contributed by atoms with van der Waals surface area (Å²) < 4.78 is 1.68. The molecule has 0 saturated heterocycles. The summed E-state index contributed by atoms with van der Waals surface area (Å²) in [5.41, 5.74) is 7.69. The monoisotopic (exact) mass is 245 g/mol. The molecule has 0 aromatic carbocycles. The predicted molar refractivity (Wildman–Crippen MR) is 68.5 cm³/mol. The van der Waals surface area contributed by atoms with Crippen LogP contribution in [0.5, 0.6) is 0 Å². The highest BCUT2D eigenvalue weighted by molar-refractivity contribution is 5.92. The van der Waals surface area contributed by atoms with Crippen molar-refractivity contribution in [2.75, 3.05) is 19.8 Å². The molecule has 2 aromatic heterocycles. The van der Waals surface area contributed by atoms with Gasteiger partial charge in [-0.05, 0) is 19.1 Å². The van der Waals surface area contributed by atoms with Crippen LogP contribution in [0.3, 0.4) is 0 Å². The van der Waals surface area contributed by atoms with Gasteiger partial charge in [0.25, 0.3) is 5.91 Å². The number of carbonyl (C=O) groups excluding carboxylic acids is 1. The summed E-state index contributed by atoms with van der Waals surface area (Å²) in [5, 5.41) is 4.17. The second-order valence-electron chi connectivity index (χ2n) is 4.22. The fourth-order valence-corrected chi connectivity index (χ4v) is 1.66. The van der Waals surface area contributed by atoms with Gasteiger partial charge in [0, 0.05) is 32.1 Å². The molecule has 2 rings (SSSR count). The molecule has 0 saturated carbocycles. The van der Waals surface area contributed by atoms with Gasteiger partial charge in [-0.2, -0.15) is 5.10 Å². The average molecular weight is 245 g/mol. The van der Waals surface area contributed by atoms with E-state index in [0.717, 1.165) is 11.4 Å². The van der Waals surface area contributed by atoms with E-state index in [-0.39, 0.29) is 5.91 Å². The Morgan fingerprint density at radius 1 is 1.39 bits per heavy atom. The molecule has 2 N–H and O–H groups in total. The van der Waals surface area contributed by atoms with E-state index in [2.05, 4.69) is 10.1 Å². The number of nitrogens with two attached hydrogens (primary N) is 1. The van der Waals surface area contributed by atoms with Crippen molar-refractivity contribution in [1.29, 1.82) is 0 Å². The van der Waals surface area contributed by atoms with Gasteiger partial charge in [-0.3, -0.25) is 9.78 Å². The third-order valence-corrected chi connectivity index (χ3v) is 2.52. The maximum atomic E-state index is 11.8. The molecular weight excluding hydrogens is 230 g/mol. The van der Waals surface area contributed by atoms with Crippen molar-refractivity contribution < 1.29 is 4.79 Å². The summed E-state index contributed by atoms with van der Waals surface area (Å²) in [4.78, 5) is 17.4. The van der Waals surface area contributed by atoms with Gasteiger partial charge in [-0.15, -0.1) is 0 Å². The van der Waals surface area contributed by atoms with E-state index in [9.17, 15) is 4.79 Å². The Balaban J connectivity index is 2.45. The molecule has 6 heteroatoms. The number of aromatic nitrogens is 3. The quantitative estimate of drug-likeness (QED) is 0.851. The van der Waals surface area contributed by atoms with E-state index >= 15 is 0 Å². The molecule has 0 radical (unpaired) electrons. The Hall–Kier alpha value is -2.37. The lowest BCUT2D eigenvalue weighted by Gasteiger charge is -2.10. The zero-order chi connectivity index (χ0) is 13.3. The number of hydrogen-bond donors (Lipinski definition) is 1. The number of nitrogens with zero attached hydrogens (tertiary/aromatic N) is 4. The number of nitrogen functional groups attached to an aromatic ring is 1. The van der Waals surface area contributed by atoms with Gasteiger partial charge < -0.3 is 10.6 Å². The molecule has 6 nitrogen and oxygen atoms in total. The van der Waals surface area contributed by atoms with Gasteiger partial charge in [0.1, 0.15) is 11.5 Å². The van der Waals surface area contributed by atoms with Crippen LogP contribution >= 0.6 is 0 Å². The molecule has 2 heterocycles. The highest BCUT2D eigenvalue weighted by Crippen LogP contribution is 2.14. The van der Waals surface area contributed by atoms with Crippen LogP contribution < -0.4 is 5.73 Å². The van der Waals surface area contributed by atoms with Gasteiger partial charge in [0.2, 0.25) is 0 Å². The van der Waals surface area contributed by atoms with E-state index in [1.54, 1.807) is 43.2 Å². The van der Waals surface area contributed by atoms with Crippen LogP contribution in [0.15, 0.2) is 24.4 Å². The molecule has 0 unspecified atom stereocenters. The maximum Gasteiger partial charge on any atom is 0.272 e. The standard InChI is InChI=1S/C12H15N5O/c1-8-6-11(13)15-17(8)9-4-5-14-10(7-9)12(18)16(2)3/h4-7H,1-3H3,(H2,13,15). The van der Waals surface area contributed by atoms with Crippen LogP contribution in [0.2, 0.25) is 0 Å². The lowest BCUT2D eigenvalue weighted by atomic mass is 10.3. The first-order valence-electron chi connectivity index (χ1n) is 5.49. The first-order chi connectivity index (χ1) is 8.49. The van der Waals surface area contributed by atoms with Gasteiger partial charge in [-0.25, -0.2) is 4.68 Å². The highest BCUT2D eigenvalue weighted by Gasteiger charge is 2.11. The molecule has 18 heavy (non-hydrogen) atoms. The zero-order valence-electron chi connectivity index (χ0n) is 10.6. The minimum atomic E-state index is -0.144. The van der Waals surface area contributed by atoms with Gasteiger partial charge in [-0.1, -0.05) is 0 Å². The van der Waals surface area contributed by atoms with E-state index in [0.29, 0.717) is 11.5 Å². The molecule has 2 aromatic rings. The van der Waals surface area contributed by atoms with Crippen LogP contribution in [0.25, 0.3) is 5.69 Å². The average Bonchev–Trinajstić information content (AvgIpc) is 2.67. The number of rotatable bonds is 2. The Labute approximate surface area is 105 Å². The number of pyridine rings is 1. The largest absolute Gasteiger partial charge is 0.382 e. The fraction of sp³-hybridized carbons (Fsp3) is 0.250. The normalized spacial score (nSPS) is 10.4. The van der Waals surface area contributed by atoms with E-state index < -0.39 is 0 Å². The third-order valence-electron chi connectivity index (χ3n) is 2.52. The molecule has 0 bridgehead atoms. The summed E-state index contributed by atoms with van der Waals surface area (Å²) in [6.45, 7) is 1.90. The lowest BCUT2D eigenvalue weighted by Crippen LogP contribution is -2.22. The minimum absolute atomic E-state index is 0.144. The van der Waals surface area contributed by atoms with Crippen LogP contribution in [0.1, 0.15) is 16.2 Å². The molecule has 0 spiro atoms. The van der Waals surface area contributed by atoms with Gasteiger partial charge >= 0.3 is 0 Å². The van der Waals surface area contributed by atoms with Crippen molar-refractivity contribution in [2.24, 2.45) is 0 Å². The fourth-order valence-electron chi connectivity index (χ4n) is 1.66. The summed E-state index contributed by atoms with van der Waals surface area (Å²) >= 11 is 0. The second-order valence-corrected chi connectivity index (χ2v) is 4.22. The Kier molecular flexibility index (Phi) is 3.01. The molecule has 0 aliphatic rings. The molecule has 94 valence electrons. The van der Waals surface area contributed by atoms with Crippen molar-refractivity contribution in [3.63, 3.8) is 0 Å². The number of hydrogen-bond acceptors (Lipinski definition) is 4. The third kappa shape index (κ3) is 2.17. The van der Waals surface area contributed by atoms with Crippen molar-refractivity contribution >= 4 is 11.7 Å². The molecular formula is C12H15N5O. The van der Waals surface area contributed by atoms with Crippen LogP contribution in [0.4, 0.5) is 5.82 Å². The lowest BCUT2D eigenvalue weighted by molar-refractivity contribution is 0.0822. The molecule has 0 fully saturated rings. The summed E-state index contributed by atoms with van der Waals surface area (Å²) in [5.74, 6) is 0.305. The van der Waals surface area contributed by atoms with E-state index in [1.807, 2.05) is 6.92 Å². The van der Waals surface area contributed by atoms with Crippen molar-refractivity contribution in [3.05, 3.63) is 35.8 Å². The zero-order valence-corrected chi connectivity index (χ0v) is 10.6. The Bertz CT molecular complexity index is 588. The van der Waals surface area contributed by atoms with Gasteiger partial charge in [0.05, 0.1) is 5.69 Å². The topological polar surface area (TPSA) is 77.0 Å². The second kappa shape index (κ2) is 4.48. The highest BCUT2D eigenvalue weighted by atomic mass is 16.2. The van der Waals surface area contributed by atoms with Crippen molar-refractivity contribution in [1.82, 2.24) is 19.7 Å². The molecule has 0 atom stereocenters. The first kappa shape index (κ1) is 12.1. The van der Waals surface area contributed by atoms with Gasteiger partial charge in [0.15, 0.2) is 0 Å². The van der Waals surface area contributed by atoms with Crippen molar-refractivity contribution in [3.8, 4) is 5.69 Å². The Morgan fingerprint density at radius 2 is 2.11 bits per heavy atom. The van der Waals surface area contributed by atoms with E-state index in [4.69, 9.17) is 5.73 Å². The van der Waals surface area contributed by atoms with Crippen LogP contribution in [0, 0.1) is 6.92 Å². The molecule has 0 aliphatic carbocycles. The van der Waals surface area contributed by atoms with Crippen LogP contribution in [-0.4, -0.2) is 39.7 Å². The SMILES string of the molecule is Cc1cc(N)nn1-c1ccnc(C(=O)N(C)C)c1. The van der Waals surface area contributed by atoms with Crippen molar-refractivity contribution in [2.45, 2.75) is 6.92 Å². The number of aryl methyl sites for hydroxylation is 1. The number of anilines is 1. The van der Waals surface area contributed by atoms with E-state index in [1.165, 1.54) is 4.90 Å². The molecule has 0 aliphatic heterocycles. The molecule has 1 amide bonds. The predicted octanol–water partition coefficient (Wildman–Crippen LogP) is 0.860. The van der Waals surface area contributed by atoms with Crippen LogP contribution in [-0.2, 0) is 0 Å². The number of carbonyl (C=O) groups is 1. The number of amides is 1. The summed E-state index contributed by atoms with van der Waals surface area (Å²) in [7, 11) is 3.38. The first-order valence-corrected chi connectivity index (χ1v) is 5.49. The minimum Gasteiger partial charge on any atom is -0.382 e. The summed E-state index contributed by atoms with van der Waals surface area (Å²) in [6, 6.07) is 5.25. The smallest absolute Gasteiger partial charge is 0.272 e. The maximum absolute atomic E-state index is 11.8.